The quantitative estimate of drug-likeness (QED) is 0.905. The van der Waals surface area contributed by atoms with Gasteiger partial charge in [-0.25, -0.2) is 0 Å². The minimum absolute atomic E-state index is 0.173. The first-order valence-corrected chi connectivity index (χ1v) is 7.06. The first kappa shape index (κ1) is 14.1. The molecule has 0 radical (unpaired) electrons. The minimum Gasteiger partial charge on any atom is -0.481 e. The number of nitrogens with zero attached hydrogens (tertiary/aromatic N) is 1. The van der Waals surface area contributed by atoms with Crippen molar-refractivity contribution in [3.63, 3.8) is 0 Å². The monoisotopic (exact) mass is 261 g/mol. The van der Waals surface area contributed by atoms with Crippen molar-refractivity contribution in [3.05, 3.63) is 35.4 Å². The maximum atomic E-state index is 11.3. The summed E-state index contributed by atoms with van der Waals surface area (Å²) in [6.07, 6.45) is 4.01. The van der Waals surface area contributed by atoms with Gasteiger partial charge in [0.25, 0.3) is 0 Å². The highest BCUT2D eigenvalue weighted by molar-refractivity contribution is 5.71. The van der Waals surface area contributed by atoms with Crippen molar-refractivity contribution >= 4 is 5.97 Å². The highest BCUT2D eigenvalue weighted by atomic mass is 16.4. The molecule has 2 atom stereocenters. The van der Waals surface area contributed by atoms with Gasteiger partial charge in [0.1, 0.15) is 0 Å². The molecule has 1 aromatic rings. The van der Waals surface area contributed by atoms with Gasteiger partial charge >= 0.3 is 5.97 Å². The van der Waals surface area contributed by atoms with Crippen molar-refractivity contribution in [3.8, 4) is 0 Å². The molecule has 3 nitrogen and oxygen atoms in total. The van der Waals surface area contributed by atoms with E-state index in [0.29, 0.717) is 0 Å². The lowest BCUT2D eigenvalue weighted by Gasteiger charge is -2.36. The van der Waals surface area contributed by atoms with Crippen LogP contribution < -0.4 is 0 Å². The zero-order valence-electron chi connectivity index (χ0n) is 11.8. The molecule has 104 valence electrons. The predicted molar refractivity (Wildman–Crippen MR) is 76.0 cm³/mol. The molecule has 0 aliphatic heterocycles. The van der Waals surface area contributed by atoms with E-state index < -0.39 is 5.97 Å². The molecule has 2 rings (SSSR count). The van der Waals surface area contributed by atoms with E-state index >= 15 is 0 Å². The fourth-order valence-corrected chi connectivity index (χ4v) is 3.14. The topological polar surface area (TPSA) is 40.5 Å². The van der Waals surface area contributed by atoms with Gasteiger partial charge in [0.2, 0.25) is 0 Å². The van der Waals surface area contributed by atoms with E-state index in [2.05, 4.69) is 36.1 Å². The molecule has 1 aliphatic carbocycles. The van der Waals surface area contributed by atoms with Crippen LogP contribution in [0.1, 0.15) is 36.8 Å². The van der Waals surface area contributed by atoms with Crippen molar-refractivity contribution in [2.75, 3.05) is 7.05 Å². The first-order chi connectivity index (χ1) is 9.08. The molecule has 0 heterocycles. The van der Waals surface area contributed by atoms with Gasteiger partial charge in [-0.2, -0.15) is 0 Å². The van der Waals surface area contributed by atoms with Crippen LogP contribution in [-0.4, -0.2) is 29.1 Å². The number of carbonyl (C=O) groups is 1. The summed E-state index contributed by atoms with van der Waals surface area (Å²) in [5.41, 5.74) is 2.52. The Morgan fingerprint density at radius 3 is 2.79 bits per heavy atom. The second kappa shape index (κ2) is 6.20. The third-order valence-corrected chi connectivity index (χ3v) is 4.13. The molecule has 1 fully saturated rings. The van der Waals surface area contributed by atoms with E-state index in [-0.39, 0.29) is 12.0 Å². The largest absolute Gasteiger partial charge is 0.481 e. The van der Waals surface area contributed by atoms with E-state index in [0.717, 1.165) is 32.2 Å². The van der Waals surface area contributed by atoms with Crippen LogP contribution in [0.4, 0.5) is 0 Å². The van der Waals surface area contributed by atoms with Crippen molar-refractivity contribution in [2.45, 2.75) is 45.2 Å². The van der Waals surface area contributed by atoms with E-state index in [1.165, 1.54) is 11.1 Å². The third-order valence-electron chi connectivity index (χ3n) is 4.13. The summed E-state index contributed by atoms with van der Waals surface area (Å²) in [6.45, 7) is 2.92. The second-order valence-electron chi connectivity index (χ2n) is 5.70. The van der Waals surface area contributed by atoms with Gasteiger partial charge in [-0.15, -0.1) is 0 Å². The molecular weight excluding hydrogens is 238 g/mol. The van der Waals surface area contributed by atoms with Crippen LogP contribution in [0, 0.1) is 12.8 Å². The first-order valence-electron chi connectivity index (χ1n) is 7.06. The molecular formula is C16H23NO2. The fourth-order valence-electron chi connectivity index (χ4n) is 3.14. The maximum Gasteiger partial charge on any atom is 0.308 e. The van der Waals surface area contributed by atoms with E-state index in [1.54, 1.807) is 0 Å². The van der Waals surface area contributed by atoms with Crippen molar-refractivity contribution < 1.29 is 9.90 Å². The summed E-state index contributed by atoms with van der Waals surface area (Å²) in [6, 6.07) is 8.61. The molecule has 0 amide bonds. The minimum atomic E-state index is -0.638. The summed E-state index contributed by atoms with van der Waals surface area (Å²) in [5.74, 6) is -0.843. The predicted octanol–water partition coefficient (Wildman–Crippen LogP) is 3.07. The van der Waals surface area contributed by atoms with Crippen LogP contribution in [0.25, 0.3) is 0 Å². The third kappa shape index (κ3) is 3.57. The Morgan fingerprint density at radius 1 is 1.37 bits per heavy atom. The zero-order chi connectivity index (χ0) is 13.8. The van der Waals surface area contributed by atoms with Crippen LogP contribution in [0.5, 0.6) is 0 Å². The van der Waals surface area contributed by atoms with Gasteiger partial charge in [-0.05, 0) is 32.4 Å². The number of hydrogen-bond donors (Lipinski definition) is 1. The number of carboxylic acids is 1. The summed E-state index contributed by atoms with van der Waals surface area (Å²) >= 11 is 0. The highest BCUT2D eigenvalue weighted by Crippen LogP contribution is 2.29. The van der Waals surface area contributed by atoms with Crippen LogP contribution in [-0.2, 0) is 11.3 Å². The summed E-state index contributed by atoms with van der Waals surface area (Å²) in [4.78, 5) is 13.6. The Morgan fingerprint density at radius 2 is 2.11 bits per heavy atom. The number of aliphatic carboxylic acids is 1. The van der Waals surface area contributed by atoms with Gasteiger partial charge in [0, 0.05) is 12.6 Å². The second-order valence-corrected chi connectivity index (χ2v) is 5.70. The zero-order valence-corrected chi connectivity index (χ0v) is 11.8. The molecule has 0 bridgehead atoms. The van der Waals surface area contributed by atoms with Gasteiger partial charge in [-0.1, -0.05) is 42.7 Å². The Bertz CT molecular complexity index is 444. The highest BCUT2D eigenvalue weighted by Gasteiger charge is 2.33. The summed E-state index contributed by atoms with van der Waals surface area (Å²) in [5, 5.41) is 9.34. The van der Waals surface area contributed by atoms with Crippen LogP contribution in [0.2, 0.25) is 0 Å². The van der Waals surface area contributed by atoms with Gasteiger partial charge in [0.05, 0.1) is 5.92 Å². The van der Waals surface area contributed by atoms with Gasteiger partial charge in [-0.3, -0.25) is 9.69 Å². The Kier molecular flexibility index (Phi) is 4.59. The van der Waals surface area contributed by atoms with Crippen molar-refractivity contribution in [2.24, 2.45) is 5.92 Å². The normalized spacial score (nSPS) is 23.5. The molecule has 3 heteroatoms. The Hall–Kier alpha value is -1.35. The van der Waals surface area contributed by atoms with Crippen LogP contribution >= 0.6 is 0 Å². The summed E-state index contributed by atoms with van der Waals surface area (Å²) < 4.78 is 0. The smallest absolute Gasteiger partial charge is 0.308 e. The lowest BCUT2D eigenvalue weighted by Crippen LogP contribution is -2.43. The van der Waals surface area contributed by atoms with Crippen LogP contribution in [0.3, 0.4) is 0 Å². The van der Waals surface area contributed by atoms with Gasteiger partial charge in [0.15, 0.2) is 0 Å². The molecule has 19 heavy (non-hydrogen) atoms. The molecule has 0 saturated heterocycles. The van der Waals surface area contributed by atoms with Crippen molar-refractivity contribution in [1.82, 2.24) is 4.90 Å². The molecule has 0 spiro atoms. The van der Waals surface area contributed by atoms with Gasteiger partial charge < -0.3 is 5.11 Å². The SMILES string of the molecule is Cc1cccc(CN(C)C2CCCCC2C(=O)O)c1. The van der Waals surface area contributed by atoms with E-state index in [4.69, 9.17) is 0 Å². The molecule has 1 aromatic carbocycles. The Labute approximate surface area is 115 Å². The molecule has 0 aromatic heterocycles. The van der Waals surface area contributed by atoms with Crippen molar-refractivity contribution in [1.29, 1.82) is 0 Å². The van der Waals surface area contributed by atoms with Crippen LogP contribution in [0.15, 0.2) is 24.3 Å². The number of carboxylic acid groups (broad SMARTS) is 1. The average molecular weight is 261 g/mol. The lowest BCUT2D eigenvalue weighted by molar-refractivity contribution is -0.145. The number of hydrogen-bond acceptors (Lipinski definition) is 2. The summed E-state index contributed by atoms with van der Waals surface area (Å²) in [7, 11) is 2.05. The van der Waals surface area contributed by atoms with E-state index in [9.17, 15) is 9.90 Å². The molecule has 1 aliphatic rings. The van der Waals surface area contributed by atoms with E-state index in [1.807, 2.05) is 7.05 Å². The molecule has 1 saturated carbocycles. The molecule has 2 unspecified atom stereocenters. The Balaban J connectivity index is 2.05. The fraction of sp³-hybridized carbons (Fsp3) is 0.562. The maximum absolute atomic E-state index is 11.3. The lowest BCUT2D eigenvalue weighted by atomic mass is 9.83. The number of rotatable bonds is 4. The average Bonchev–Trinajstić information content (AvgIpc) is 2.38. The molecule has 1 N–H and O–H groups in total. The standard InChI is InChI=1S/C16H23NO2/c1-12-6-5-7-13(10-12)11-17(2)15-9-4-3-8-14(15)16(18)19/h5-7,10,14-15H,3-4,8-9,11H2,1-2H3,(H,18,19). The number of benzene rings is 1. The number of aryl methyl sites for hydroxylation is 1.